The molecule has 0 radical (unpaired) electrons. The Morgan fingerprint density at radius 2 is 1.90 bits per heavy atom. The van der Waals surface area contributed by atoms with E-state index in [1.807, 2.05) is 59.3 Å². The molecule has 1 atom stereocenters. The summed E-state index contributed by atoms with van der Waals surface area (Å²) in [7, 11) is 1.63. The third-order valence-electron chi connectivity index (χ3n) is 5.42. The zero-order chi connectivity index (χ0) is 21.6. The number of hydrogen-bond acceptors (Lipinski definition) is 4. The van der Waals surface area contributed by atoms with E-state index in [9.17, 15) is 9.59 Å². The summed E-state index contributed by atoms with van der Waals surface area (Å²) in [5, 5.41) is 10.4. The standard InChI is InChI=1S/C24H26N4O3/c1-31-22-10-6-5-9-18(22)11-12-23(29)26-19-13-20-14-21(27-28(20)16-19)24(30)25-15-17-7-3-2-4-8-17/h2-10,14,19H,11-13,15-16H2,1H3,(H,25,30)(H,26,29)/t19-/m0/s1. The number of nitrogens with zero attached hydrogens (tertiary/aromatic N) is 2. The van der Waals surface area contributed by atoms with Gasteiger partial charge in [0.2, 0.25) is 5.91 Å². The lowest BCUT2D eigenvalue weighted by atomic mass is 10.1. The van der Waals surface area contributed by atoms with Crippen molar-refractivity contribution in [2.45, 2.75) is 38.4 Å². The molecule has 31 heavy (non-hydrogen) atoms. The molecule has 3 aromatic rings. The van der Waals surface area contributed by atoms with Crippen molar-refractivity contribution >= 4 is 11.8 Å². The summed E-state index contributed by atoms with van der Waals surface area (Å²) in [5.74, 6) is 0.611. The van der Waals surface area contributed by atoms with E-state index in [0.29, 0.717) is 38.0 Å². The van der Waals surface area contributed by atoms with Crippen molar-refractivity contribution in [2.75, 3.05) is 7.11 Å². The number of aromatic nitrogens is 2. The van der Waals surface area contributed by atoms with Crippen molar-refractivity contribution in [3.05, 3.63) is 83.2 Å². The number of rotatable bonds is 8. The highest BCUT2D eigenvalue weighted by molar-refractivity contribution is 5.92. The zero-order valence-corrected chi connectivity index (χ0v) is 17.5. The predicted molar refractivity (Wildman–Crippen MR) is 117 cm³/mol. The molecule has 2 amide bonds. The van der Waals surface area contributed by atoms with Crippen molar-refractivity contribution in [3.63, 3.8) is 0 Å². The Bertz CT molecular complexity index is 1040. The minimum absolute atomic E-state index is 0.00230. The Morgan fingerprint density at radius 3 is 2.68 bits per heavy atom. The molecule has 0 aliphatic carbocycles. The molecular weight excluding hydrogens is 392 g/mol. The molecule has 7 heteroatoms. The van der Waals surface area contributed by atoms with Gasteiger partial charge in [-0.25, -0.2) is 0 Å². The molecule has 0 spiro atoms. The van der Waals surface area contributed by atoms with Crippen LogP contribution in [-0.2, 0) is 30.7 Å². The van der Waals surface area contributed by atoms with E-state index < -0.39 is 0 Å². The monoisotopic (exact) mass is 418 g/mol. The maximum atomic E-state index is 12.4. The fraction of sp³-hybridized carbons (Fsp3) is 0.292. The average Bonchev–Trinajstić information content (AvgIpc) is 3.35. The van der Waals surface area contributed by atoms with Crippen LogP contribution in [0.25, 0.3) is 0 Å². The number of aryl methyl sites for hydroxylation is 1. The minimum Gasteiger partial charge on any atom is -0.496 e. The van der Waals surface area contributed by atoms with Gasteiger partial charge in [-0.2, -0.15) is 5.10 Å². The molecule has 0 bridgehead atoms. The predicted octanol–water partition coefficient (Wildman–Crippen LogP) is 2.50. The van der Waals surface area contributed by atoms with Crippen LogP contribution in [0, 0.1) is 0 Å². The van der Waals surface area contributed by atoms with Gasteiger partial charge in [0.25, 0.3) is 5.91 Å². The van der Waals surface area contributed by atoms with Crippen molar-refractivity contribution in [1.82, 2.24) is 20.4 Å². The Labute approximate surface area is 181 Å². The second-order valence-electron chi connectivity index (χ2n) is 7.65. The van der Waals surface area contributed by atoms with E-state index in [4.69, 9.17) is 4.74 Å². The number of methoxy groups -OCH3 is 1. The summed E-state index contributed by atoms with van der Waals surface area (Å²) in [5.41, 5.74) is 3.43. The number of amides is 2. The summed E-state index contributed by atoms with van der Waals surface area (Å²) in [6.45, 7) is 1.04. The third-order valence-corrected chi connectivity index (χ3v) is 5.42. The van der Waals surface area contributed by atoms with Gasteiger partial charge in [-0.3, -0.25) is 14.3 Å². The summed E-state index contributed by atoms with van der Waals surface area (Å²) in [4.78, 5) is 24.8. The molecule has 0 fully saturated rings. The Hall–Kier alpha value is -3.61. The van der Waals surface area contributed by atoms with Crippen molar-refractivity contribution < 1.29 is 14.3 Å². The van der Waals surface area contributed by atoms with Gasteiger partial charge >= 0.3 is 0 Å². The van der Waals surface area contributed by atoms with Gasteiger partial charge < -0.3 is 15.4 Å². The topological polar surface area (TPSA) is 85.2 Å². The highest BCUT2D eigenvalue weighted by Crippen LogP contribution is 2.20. The number of hydrogen-bond donors (Lipinski definition) is 2. The van der Waals surface area contributed by atoms with Crippen LogP contribution in [0.3, 0.4) is 0 Å². The number of benzene rings is 2. The largest absolute Gasteiger partial charge is 0.496 e. The van der Waals surface area contributed by atoms with Crippen LogP contribution in [0.1, 0.15) is 33.7 Å². The number of nitrogens with one attached hydrogen (secondary N) is 2. The Morgan fingerprint density at radius 1 is 1.13 bits per heavy atom. The van der Waals surface area contributed by atoms with Crippen LogP contribution in [0.15, 0.2) is 60.7 Å². The average molecular weight is 418 g/mol. The molecule has 0 saturated heterocycles. The van der Waals surface area contributed by atoms with Crippen molar-refractivity contribution in [3.8, 4) is 5.75 Å². The van der Waals surface area contributed by atoms with E-state index >= 15 is 0 Å². The molecule has 0 unspecified atom stereocenters. The molecule has 7 nitrogen and oxygen atoms in total. The Kier molecular flexibility index (Phi) is 6.31. The number of fused-ring (bicyclic) bond motifs is 1. The molecule has 160 valence electrons. The summed E-state index contributed by atoms with van der Waals surface area (Å²) in [6, 6.07) is 19.3. The van der Waals surface area contributed by atoms with E-state index in [1.54, 1.807) is 13.2 Å². The maximum absolute atomic E-state index is 12.4. The zero-order valence-electron chi connectivity index (χ0n) is 17.5. The first-order chi connectivity index (χ1) is 15.1. The molecule has 2 aromatic carbocycles. The smallest absolute Gasteiger partial charge is 0.272 e. The lowest BCUT2D eigenvalue weighted by Gasteiger charge is -2.12. The van der Waals surface area contributed by atoms with Gasteiger partial charge in [-0.1, -0.05) is 48.5 Å². The quantitative estimate of drug-likeness (QED) is 0.589. The van der Waals surface area contributed by atoms with E-state index in [-0.39, 0.29) is 17.9 Å². The highest BCUT2D eigenvalue weighted by Gasteiger charge is 2.26. The third kappa shape index (κ3) is 5.12. The van der Waals surface area contributed by atoms with Crippen LogP contribution in [0.2, 0.25) is 0 Å². The first-order valence-corrected chi connectivity index (χ1v) is 10.4. The molecule has 2 N–H and O–H groups in total. The molecule has 0 saturated carbocycles. The van der Waals surface area contributed by atoms with E-state index in [1.165, 1.54) is 0 Å². The van der Waals surface area contributed by atoms with Gasteiger partial charge in [0.1, 0.15) is 11.4 Å². The second kappa shape index (κ2) is 9.47. The molecule has 1 aliphatic heterocycles. The lowest BCUT2D eigenvalue weighted by molar-refractivity contribution is -0.121. The van der Waals surface area contributed by atoms with E-state index in [0.717, 1.165) is 22.6 Å². The molecule has 4 rings (SSSR count). The first-order valence-electron chi connectivity index (χ1n) is 10.4. The summed E-state index contributed by atoms with van der Waals surface area (Å²) < 4.78 is 7.15. The van der Waals surface area contributed by atoms with Crippen LogP contribution in [0.4, 0.5) is 0 Å². The van der Waals surface area contributed by atoms with Crippen LogP contribution >= 0.6 is 0 Å². The van der Waals surface area contributed by atoms with Gasteiger partial charge in [0.05, 0.1) is 19.7 Å². The second-order valence-corrected chi connectivity index (χ2v) is 7.65. The molecular formula is C24H26N4O3. The van der Waals surface area contributed by atoms with Gasteiger partial charge in [-0.15, -0.1) is 0 Å². The first kappa shape index (κ1) is 20.7. The number of carbonyl (C=O) groups is 2. The Balaban J connectivity index is 1.25. The SMILES string of the molecule is COc1ccccc1CCC(=O)N[C@H]1Cc2cc(C(=O)NCc3ccccc3)nn2C1. The summed E-state index contributed by atoms with van der Waals surface area (Å²) in [6.07, 6.45) is 1.69. The number of carbonyl (C=O) groups excluding carboxylic acids is 2. The van der Waals surface area contributed by atoms with E-state index in [2.05, 4.69) is 15.7 Å². The van der Waals surface area contributed by atoms with Gasteiger partial charge in [0, 0.05) is 25.1 Å². The fourth-order valence-electron chi connectivity index (χ4n) is 3.84. The van der Waals surface area contributed by atoms with Gasteiger partial charge in [-0.05, 0) is 29.7 Å². The normalized spacial score (nSPS) is 14.7. The van der Waals surface area contributed by atoms with Gasteiger partial charge in [0.15, 0.2) is 0 Å². The molecule has 1 aromatic heterocycles. The highest BCUT2D eigenvalue weighted by atomic mass is 16.5. The fourth-order valence-corrected chi connectivity index (χ4v) is 3.84. The lowest BCUT2D eigenvalue weighted by Crippen LogP contribution is -2.36. The molecule has 2 heterocycles. The molecule has 1 aliphatic rings. The minimum atomic E-state index is -0.192. The van der Waals surface area contributed by atoms with Crippen LogP contribution < -0.4 is 15.4 Å². The summed E-state index contributed by atoms with van der Waals surface area (Å²) >= 11 is 0. The number of para-hydroxylation sites is 1. The number of ether oxygens (including phenoxy) is 1. The van der Waals surface area contributed by atoms with Crippen molar-refractivity contribution in [1.29, 1.82) is 0 Å². The van der Waals surface area contributed by atoms with Crippen LogP contribution in [0.5, 0.6) is 5.75 Å². The van der Waals surface area contributed by atoms with Crippen LogP contribution in [-0.4, -0.2) is 34.7 Å². The maximum Gasteiger partial charge on any atom is 0.272 e. The van der Waals surface area contributed by atoms with Crippen molar-refractivity contribution in [2.24, 2.45) is 0 Å².